The Morgan fingerprint density at radius 3 is 2.48 bits per heavy atom. The summed E-state index contributed by atoms with van der Waals surface area (Å²) in [7, 11) is 2.78. The van der Waals surface area contributed by atoms with Crippen molar-refractivity contribution in [3.05, 3.63) is 63.3 Å². The van der Waals surface area contributed by atoms with Crippen LogP contribution in [0.1, 0.15) is 18.1 Å². The van der Waals surface area contributed by atoms with Gasteiger partial charge in [0.05, 0.1) is 42.9 Å². The summed E-state index contributed by atoms with van der Waals surface area (Å²) in [4.78, 5) is 27.4. The number of carbonyl (C=O) groups excluding carboxylic acids is 1. The molecule has 0 aliphatic carbocycles. The molecule has 0 aromatic heterocycles. The van der Waals surface area contributed by atoms with Gasteiger partial charge in [0, 0.05) is 0 Å². The Morgan fingerprint density at radius 1 is 1.14 bits per heavy atom. The lowest BCUT2D eigenvalue weighted by Gasteiger charge is -2.08. The maximum absolute atomic E-state index is 12.3. The van der Waals surface area contributed by atoms with Gasteiger partial charge < -0.3 is 18.9 Å². The SMILES string of the molecule is CCOc1ccccc1C1=N/C(=C\c2cc(OC)c(OC)cc2[N+](=O)[O-])C(=O)O1. The summed E-state index contributed by atoms with van der Waals surface area (Å²) < 4.78 is 21.1. The molecule has 0 unspecified atom stereocenters. The first-order valence-corrected chi connectivity index (χ1v) is 8.63. The average molecular weight is 398 g/mol. The number of nitro groups is 1. The lowest BCUT2D eigenvalue weighted by Crippen LogP contribution is -2.07. The lowest BCUT2D eigenvalue weighted by molar-refractivity contribution is -0.385. The number of carbonyl (C=O) groups is 1. The van der Waals surface area contributed by atoms with Crippen molar-refractivity contribution in [2.24, 2.45) is 4.99 Å². The number of rotatable bonds is 7. The molecule has 9 heteroatoms. The molecule has 1 aliphatic heterocycles. The third kappa shape index (κ3) is 4.03. The zero-order valence-corrected chi connectivity index (χ0v) is 16.0. The van der Waals surface area contributed by atoms with Crippen molar-refractivity contribution in [3.8, 4) is 17.2 Å². The first-order valence-electron chi connectivity index (χ1n) is 8.63. The van der Waals surface area contributed by atoms with Crippen LogP contribution in [0.25, 0.3) is 6.08 Å². The van der Waals surface area contributed by atoms with E-state index in [0.29, 0.717) is 17.9 Å². The van der Waals surface area contributed by atoms with Gasteiger partial charge in [0.25, 0.3) is 5.69 Å². The number of ether oxygens (including phenoxy) is 4. The van der Waals surface area contributed by atoms with E-state index in [4.69, 9.17) is 18.9 Å². The van der Waals surface area contributed by atoms with Gasteiger partial charge in [0.1, 0.15) is 5.75 Å². The van der Waals surface area contributed by atoms with Gasteiger partial charge in [-0.25, -0.2) is 9.79 Å². The van der Waals surface area contributed by atoms with E-state index in [9.17, 15) is 14.9 Å². The van der Waals surface area contributed by atoms with E-state index in [2.05, 4.69) is 4.99 Å². The van der Waals surface area contributed by atoms with Gasteiger partial charge in [-0.15, -0.1) is 0 Å². The fourth-order valence-corrected chi connectivity index (χ4v) is 2.75. The van der Waals surface area contributed by atoms with Gasteiger partial charge in [-0.1, -0.05) is 12.1 Å². The van der Waals surface area contributed by atoms with Gasteiger partial charge in [0.15, 0.2) is 17.2 Å². The van der Waals surface area contributed by atoms with Crippen LogP contribution >= 0.6 is 0 Å². The van der Waals surface area contributed by atoms with Crippen molar-refractivity contribution in [2.75, 3.05) is 20.8 Å². The van der Waals surface area contributed by atoms with Gasteiger partial charge >= 0.3 is 5.97 Å². The number of methoxy groups -OCH3 is 2. The number of nitro benzene ring substituents is 1. The highest BCUT2D eigenvalue weighted by atomic mass is 16.6. The predicted molar refractivity (Wildman–Crippen MR) is 104 cm³/mol. The Kier molecular flexibility index (Phi) is 5.77. The summed E-state index contributed by atoms with van der Waals surface area (Å²) in [6, 6.07) is 9.61. The molecule has 0 fully saturated rings. The predicted octanol–water partition coefficient (Wildman–Crippen LogP) is 3.36. The lowest BCUT2D eigenvalue weighted by atomic mass is 10.1. The van der Waals surface area contributed by atoms with Crippen molar-refractivity contribution in [2.45, 2.75) is 6.92 Å². The monoisotopic (exact) mass is 398 g/mol. The van der Waals surface area contributed by atoms with Crippen LogP contribution in [0.5, 0.6) is 17.2 Å². The maximum Gasteiger partial charge on any atom is 0.363 e. The Labute approximate surface area is 166 Å². The molecule has 0 spiro atoms. The van der Waals surface area contributed by atoms with E-state index in [1.807, 2.05) is 6.92 Å². The molecule has 2 aromatic rings. The van der Waals surface area contributed by atoms with Gasteiger partial charge in [-0.2, -0.15) is 0 Å². The summed E-state index contributed by atoms with van der Waals surface area (Å²) >= 11 is 0. The number of cyclic esters (lactones) is 1. The van der Waals surface area contributed by atoms with Crippen LogP contribution in [-0.4, -0.2) is 37.6 Å². The number of nitrogens with zero attached hydrogens (tertiary/aromatic N) is 2. The first kappa shape index (κ1) is 19.9. The standard InChI is InChI=1S/C20H18N2O7/c1-4-28-16-8-6-5-7-13(16)19-21-14(20(23)29-19)9-12-10-17(26-2)18(27-3)11-15(12)22(24)25/h5-11H,4H2,1-3H3/b14-9-. The molecule has 150 valence electrons. The molecule has 1 heterocycles. The van der Waals surface area contributed by atoms with Crippen LogP contribution in [-0.2, 0) is 9.53 Å². The third-order valence-electron chi connectivity index (χ3n) is 4.06. The second kappa shape index (κ2) is 8.42. The van der Waals surface area contributed by atoms with E-state index in [-0.39, 0.29) is 34.3 Å². The smallest absolute Gasteiger partial charge is 0.363 e. The van der Waals surface area contributed by atoms with Crippen LogP contribution in [0.15, 0.2) is 47.1 Å². The Balaban J connectivity index is 2.07. The number of benzene rings is 2. The quantitative estimate of drug-likeness (QED) is 0.304. The second-order valence-electron chi connectivity index (χ2n) is 5.79. The first-order chi connectivity index (χ1) is 14.0. The van der Waals surface area contributed by atoms with Crippen molar-refractivity contribution >= 4 is 23.6 Å². The molecular formula is C20H18N2O7. The van der Waals surface area contributed by atoms with Crippen molar-refractivity contribution in [3.63, 3.8) is 0 Å². The molecule has 0 radical (unpaired) electrons. The topological polar surface area (TPSA) is 109 Å². The fraction of sp³-hybridized carbons (Fsp3) is 0.200. The minimum atomic E-state index is -0.726. The molecule has 2 aromatic carbocycles. The van der Waals surface area contributed by atoms with Gasteiger partial charge in [-0.3, -0.25) is 10.1 Å². The van der Waals surface area contributed by atoms with Crippen LogP contribution in [0.4, 0.5) is 5.69 Å². The van der Waals surface area contributed by atoms with Crippen LogP contribution < -0.4 is 14.2 Å². The molecule has 0 atom stereocenters. The van der Waals surface area contributed by atoms with Gasteiger partial charge in [0.2, 0.25) is 5.90 Å². The molecule has 1 aliphatic rings. The highest BCUT2D eigenvalue weighted by Gasteiger charge is 2.28. The fourth-order valence-electron chi connectivity index (χ4n) is 2.75. The summed E-state index contributed by atoms with van der Waals surface area (Å²) in [5, 5.41) is 11.5. The summed E-state index contributed by atoms with van der Waals surface area (Å²) in [6.45, 7) is 2.26. The highest BCUT2D eigenvalue weighted by Crippen LogP contribution is 2.36. The van der Waals surface area contributed by atoms with E-state index in [1.54, 1.807) is 24.3 Å². The molecule has 0 saturated carbocycles. The number of aliphatic imine (C=N–C) groups is 1. The van der Waals surface area contributed by atoms with E-state index < -0.39 is 10.9 Å². The molecule has 0 amide bonds. The number of para-hydroxylation sites is 1. The Bertz CT molecular complexity index is 1030. The number of hydrogen-bond acceptors (Lipinski definition) is 8. The minimum absolute atomic E-state index is 0.0634. The summed E-state index contributed by atoms with van der Waals surface area (Å²) in [5.41, 5.74) is 0.290. The molecule has 29 heavy (non-hydrogen) atoms. The van der Waals surface area contributed by atoms with Crippen LogP contribution in [0.2, 0.25) is 0 Å². The summed E-state index contributed by atoms with van der Waals surface area (Å²) in [5.74, 6) is 0.330. The number of hydrogen-bond donors (Lipinski definition) is 0. The van der Waals surface area contributed by atoms with E-state index in [1.165, 1.54) is 32.4 Å². The highest BCUT2D eigenvalue weighted by molar-refractivity contribution is 6.14. The van der Waals surface area contributed by atoms with Crippen LogP contribution in [0.3, 0.4) is 0 Å². The molecule has 0 saturated heterocycles. The maximum atomic E-state index is 12.3. The Hall–Kier alpha value is -3.88. The number of esters is 1. The summed E-state index contributed by atoms with van der Waals surface area (Å²) in [6.07, 6.45) is 1.28. The third-order valence-corrected chi connectivity index (χ3v) is 4.06. The molecule has 9 nitrogen and oxygen atoms in total. The van der Waals surface area contributed by atoms with E-state index >= 15 is 0 Å². The normalized spacial score (nSPS) is 14.4. The molecule has 0 N–H and O–H groups in total. The van der Waals surface area contributed by atoms with Crippen LogP contribution in [0, 0.1) is 10.1 Å². The average Bonchev–Trinajstić information content (AvgIpc) is 3.08. The second-order valence-corrected chi connectivity index (χ2v) is 5.79. The molecular weight excluding hydrogens is 380 g/mol. The molecule has 0 bridgehead atoms. The zero-order chi connectivity index (χ0) is 21.0. The molecule has 3 rings (SSSR count). The minimum Gasteiger partial charge on any atom is -0.493 e. The zero-order valence-electron chi connectivity index (χ0n) is 16.0. The van der Waals surface area contributed by atoms with E-state index in [0.717, 1.165) is 0 Å². The van der Waals surface area contributed by atoms with Crippen molar-refractivity contribution in [1.29, 1.82) is 0 Å². The Morgan fingerprint density at radius 2 is 1.83 bits per heavy atom. The van der Waals surface area contributed by atoms with Gasteiger partial charge in [-0.05, 0) is 31.2 Å². The van der Waals surface area contributed by atoms with Crippen molar-refractivity contribution in [1.82, 2.24) is 0 Å². The largest absolute Gasteiger partial charge is 0.493 e. The van der Waals surface area contributed by atoms with Crippen molar-refractivity contribution < 1.29 is 28.7 Å².